The molecule has 3 aromatic heterocycles. The number of carbonyl (C=O) groups is 1. The molecule has 206 valence electrons. The molecule has 0 aliphatic rings. The zero-order valence-corrected chi connectivity index (χ0v) is 25.3. The van der Waals surface area contributed by atoms with E-state index in [0.29, 0.717) is 49.0 Å². The summed E-state index contributed by atoms with van der Waals surface area (Å²) in [4.78, 5) is 22.4. The van der Waals surface area contributed by atoms with Crippen molar-refractivity contribution in [1.29, 1.82) is 0 Å². The molecule has 0 spiro atoms. The molecular weight excluding hydrogens is 577 g/mol. The van der Waals surface area contributed by atoms with Gasteiger partial charge in [0.15, 0.2) is 17.3 Å². The molecule has 0 atom stereocenters. The number of rotatable bonds is 5. The smallest absolute Gasteiger partial charge is 0.231 e. The van der Waals surface area contributed by atoms with Crippen LogP contribution < -0.4 is 0 Å². The monoisotopic (exact) mass is 601 g/mol. The lowest BCUT2D eigenvalue weighted by Gasteiger charge is -2.16. The van der Waals surface area contributed by atoms with Gasteiger partial charge < -0.3 is 0 Å². The van der Waals surface area contributed by atoms with Gasteiger partial charge in [-0.3, -0.25) is 9.89 Å². The van der Waals surface area contributed by atoms with E-state index in [1.807, 2.05) is 38.1 Å². The molecule has 0 radical (unpaired) electrons. The summed E-state index contributed by atoms with van der Waals surface area (Å²) in [6.07, 6.45) is 0. The lowest BCUT2D eigenvalue weighted by Crippen LogP contribution is -2.12. The molecule has 0 amide bonds. The van der Waals surface area contributed by atoms with Crippen LogP contribution in [0.2, 0.25) is 10.0 Å². The predicted molar refractivity (Wildman–Crippen MR) is 165 cm³/mol. The molecule has 0 aliphatic heterocycles. The van der Waals surface area contributed by atoms with Crippen LogP contribution in [0.25, 0.3) is 27.3 Å². The number of hydrogen-bond acceptors (Lipinski definition) is 7. The maximum atomic E-state index is 13.1. The number of aryl methyl sites for hydroxylation is 2. The summed E-state index contributed by atoms with van der Waals surface area (Å²) < 4.78 is 2.48. The highest BCUT2D eigenvalue weighted by molar-refractivity contribution is 7.22. The highest BCUT2D eigenvalue weighted by Gasteiger charge is 2.26. The molecule has 8 nitrogen and oxygen atoms in total. The van der Waals surface area contributed by atoms with E-state index in [2.05, 4.69) is 52.2 Å². The van der Waals surface area contributed by atoms with Crippen LogP contribution in [0.15, 0.2) is 64.8 Å². The highest BCUT2D eigenvalue weighted by Crippen LogP contribution is 2.38. The number of nitrogens with zero attached hydrogens (tertiary/aromatic N) is 6. The first kappa shape index (κ1) is 27.3. The predicted octanol–water partition coefficient (Wildman–Crippen LogP) is 9.20. The van der Waals surface area contributed by atoms with Gasteiger partial charge in [-0.25, -0.2) is 9.97 Å². The Hall–Kier alpha value is -3.92. The van der Waals surface area contributed by atoms with Crippen LogP contribution in [0.3, 0.4) is 0 Å². The van der Waals surface area contributed by atoms with E-state index in [4.69, 9.17) is 28.2 Å². The largest absolute Gasteiger partial charge is 0.289 e. The van der Waals surface area contributed by atoms with Crippen molar-refractivity contribution in [3.63, 3.8) is 0 Å². The van der Waals surface area contributed by atoms with Crippen LogP contribution in [0, 0.1) is 13.8 Å². The quantitative estimate of drug-likeness (QED) is 0.157. The van der Waals surface area contributed by atoms with Crippen molar-refractivity contribution in [2.75, 3.05) is 0 Å². The Morgan fingerprint density at radius 1 is 0.902 bits per heavy atom. The Labute approximate surface area is 250 Å². The fourth-order valence-electron chi connectivity index (χ4n) is 4.64. The topological polar surface area (TPSA) is 101 Å². The molecule has 0 saturated heterocycles. The third kappa shape index (κ3) is 5.28. The van der Waals surface area contributed by atoms with Gasteiger partial charge in [0, 0.05) is 22.1 Å². The molecule has 41 heavy (non-hydrogen) atoms. The summed E-state index contributed by atoms with van der Waals surface area (Å²) in [5.41, 5.74) is 6.55. The molecule has 0 unspecified atom stereocenters. The zero-order chi connectivity index (χ0) is 29.1. The molecule has 6 rings (SSSR count). The molecule has 0 fully saturated rings. The van der Waals surface area contributed by atoms with Crippen molar-refractivity contribution in [2.24, 2.45) is 10.2 Å². The van der Waals surface area contributed by atoms with Gasteiger partial charge in [0.1, 0.15) is 0 Å². The molecule has 0 aliphatic carbocycles. The summed E-state index contributed by atoms with van der Waals surface area (Å²) in [7, 11) is 0. The summed E-state index contributed by atoms with van der Waals surface area (Å²) in [5.74, 6) is 0.480. The number of halogens is 2. The zero-order valence-electron chi connectivity index (χ0n) is 23.0. The van der Waals surface area contributed by atoms with Gasteiger partial charge in [-0.1, -0.05) is 96.8 Å². The summed E-state index contributed by atoms with van der Waals surface area (Å²) in [5, 5.41) is 18.4. The molecule has 0 saturated carbocycles. The van der Waals surface area contributed by atoms with Gasteiger partial charge in [0.05, 0.1) is 26.0 Å². The lowest BCUT2D eigenvalue weighted by molar-refractivity contribution is 0.103. The number of carbonyl (C=O) groups excluding carboxylic acids is 1. The van der Waals surface area contributed by atoms with Crippen molar-refractivity contribution in [3.05, 3.63) is 92.6 Å². The van der Waals surface area contributed by atoms with Gasteiger partial charge in [-0.15, -0.1) is 15.3 Å². The van der Waals surface area contributed by atoms with Crippen molar-refractivity contribution in [1.82, 2.24) is 24.8 Å². The second-order valence-electron chi connectivity index (χ2n) is 11.0. The summed E-state index contributed by atoms with van der Waals surface area (Å²) in [6, 6.07) is 16.7. The highest BCUT2D eigenvalue weighted by atomic mass is 35.5. The summed E-state index contributed by atoms with van der Waals surface area (Å²) in [6.45, 7) is 10.2. The van der Waals surface area contributed by atoms with Crippen LogP contribution in [-0.2, 0) is 5.41 Å². The molecule has 6 aromatic rings. The van der Waals surface area contributed by atoms with E-state index in [1.165, 1.54) is 11.3 Å². The Kier molecular flexibility index (Phi) is 6.76. The van der Waals surface area contributed by atoms with Gasteiger partial charge >= 0.3 is 0 Å². The van der Waals surface area contributed by atoms with Gasteiger partial charge in [0.25, 0.3) is 0 Å². The van der Waals surface area contributed by atoms with Crippen LogP contribution in [-0.4, -0.2) is 30.6 Å². The fourth-order valence-corrected chi connectivity index (χ4v) is 5.84. The SMILES string of the molecule is Cc1cc(C)cc(C(=O)c2ccc(-c3nc4c(N=Nc5nc6cc(Cl)c(Cl)cc6s5)c(C(C)(C)C)[nH]n4n3)cc2)c1. The van der Waals surface area contributed by atoms with Gasteiger partial charge in [0.2, 0.25) is 10.8 Å². The van der Waals surface area contributed by atoms with Crippen LogP contribution in [0.4, 0.5) is 10.8 Å². The van der Waals surface area contributed by atoms with E-state index in [9.17, 15) is 4.79 Å². The number of fused-ring (bicyclic) bond motifs is 2. The minimum atomic E-state index is -0.276. The van der Waals surface area contributed by atoms with Crippen molar-refractivity contribution in [2.45, 2.75) is 40.0 Å². The number of nitrogens with one attached hydrogen (secondary N) is 1. The molecule has 1 N–H and O–H groups in total. The van der Waals surface area contributed by atoms with Gasteiger partial charge in [-0.05, 0) is 38.1 Å². The Morgan fingerprint density at radius 2 is 1.59 bits per heavy atom. The van der Waals surface area contributed by atoms with Crippen molar-refractivity contribution >= 4 is 67.0 Å². The van der Waals surface area contributed by atoms with Crippen molar-refractivity contribution < 1.29 is 4.79 Å². The van der Waals surface area contributed by atoms with E-state index in [1.54, 1.807) is 28.9 Å². The van der Waals surface area contributed by atoms with Crippen LogP contribution in [0.1, 0.15) is 53.5 Å². The molecular formula is C30H25Cl2N7OS. The fraction of sp³-hybridized carbons (Fsp3) is 0.200. The van der Waals surface area contributed by atoms with E-state index >= 15 is 0 Å². The number of aromatic nitrogens is 5. The number of benzene rings is 3. The maximum Gasteiger partial charge on any atom is 0.231 e. The Balaban J connectivity index is 1.34. The number of ketones is 1. The van der Waals surface area contributed by atoms with Crippen LogP contribution >= 0.6 is 34.5 Å². The molecule has 11 heteroatoms. The minimum absolute atomic E-state index is 0.0230. The second-order valence-corrected chi connectivity index (χ2v) is 12.8. The summed E-state index contributed by atoms with van der Waals surface area (Å²) >= 11 is 13.7. The Bertz CT molecular complexity index is 1940. The second kappa shape index (κ2) is 10.2. The molecule has 0 bridgehead atoms. The number of H-pyrrole nitrogens is 1. The van der Waals surface area contributed by atoms with E-state index in [-0.39, 0.29) is 11.2 Å². The average Bonchev–Trinajstić information content (AvgIpc) is 3.59. The lowest BCUT2D eigenvalue weighted by atomic mass is 9.91. The number of azo groups is 1. The normalized spacial score (nSPS) is 12.3. The standard InChI is InChI=1S/C30H25Cl2N7OS/c1-15-10-16(2)12-19(11-15)25(40)17-6-8-18(9-7-17)27-34-28-24(26(30(3,4)5)37-39(28)38-27)35-36-29-33-22-13-20(31)21(32)14-23(22)41-29/h6-14,37H,1-5H3. The first-order valence-corrected chi connectivity index (χ1v) is 14.4. The first-order valence-electron chi connectivity index (χ1n) is 12.9. The minimum Gasteiger partial charge on any atom is -0.289 e. The first-order chi connectivity index (χ1) is 19.5. The number of thiazole rings is 1. The number of aromatic amines is 1. The van der Waals surface area contributed by atoms with Crippen LogP contribution in [0.5, 0.6) is 0 Å². The van der Waals surface area contributed by atoms with Crippen molar-refractivity contribution in [3.8, 4) is 11.4 Å². The third-order valence-electron chi connectivity index (χ3n) is 6.57. The number of hydrogen-bond donors (Lipinski definition) is 1. The molecule has 3 heterocycles. The van der Waals surface area contributed by atoms with Gasteiger partial charge in [-0.2, -0.15) is 4.63 Å². The maximum absolute atomic E-state index is 13.1. The Morgan fingerprint density at radius 3 is 2.27 bits per heavy atom. The van der Waals surface area contributed by atoms with E-state index in [0.717, 1.165) is 27.1 Å². The third-order valence-corrected chi connectivity index (χ3v) is 8.19. The van der Waals surface area contributed by atoms with E-state index < -0.39 is 0 Å². The average molecular weight is 603 g/mol. The molecule has 3 aromatic carbocycles.